The summed E-state index contributed by atoms with van der Waals surface area (Å²) in [5, 5.41) is 4.00. The van der Waals surface area contributed by atoms with Crippen molar-refractivity contribution in [2.75, 3.05) is 5.32 Å². The number of benzene rings is 2. The highest BCUT2D eigenvalue weighted by Gasteiger charge is 2.21. The number of fused-ring (bicyclic) bond motifs is 2. The molecule has 30 heavy (non-hydrogen) atoms. The van der Waals surface area contributed by atoms with E-state index in [2.05, 4.69) is 10.0 Å². The summed E-state index contributed by atoms with van der Waals surface area (Å²) in [6, 6.07) is 13.6. The molecule has 0 saturated carbocycles. The molecule has 3 aromatic rings. The first-order valence-electron chi connectivity index (χ1n) is 10.2. The van der Waals surface area contributed by atoms with E-state index in [1.165, 1.54) is 12.1 Å². The van der Waals surface area contributed by atoms with Crippen molar-refractivity contribution in [3.63, 3.8) is 0 Å². The third-order valence-corrected chi connectivity index (χ3v) is 6.90. The van der Waals surface area contributed by atoms with Crippen LogP contribution in [0.15, 0.2) is 53.4 Å². The maximum absolute atomic E-state index is 13.0. The smallest absolute Gasteiger partial charge is 0.255 e. The fourth-order valence-electron chi connectivity index (χ4n) is 3.86. The Balaban J connectivity index is 1.66. The second-order valence-corrected chi connectivity index (χ2v) is 9.60. The van der Waals surface area contributed by atoms with Gasteiger partial charge in [-0.3, -0.25) is 9.78 Å². The predicted molar refractivity (Wildman–Crippen MR) is 118 cm³/mol. The van der Waals surface area contributed by atoms with Crippen molar-refractivity contribution in [1.82, 2.24) is 9.71 Å². The second-order valence-electron chi connectivity index (χ2n) is 7.89. The Morgan fingerprint density at radius 3 is 2.43 bits per heavy atom. The molecular weight excluding hydrogens is 398 g/mol. The predicted octanol–water partition coefficient (Wildman–Crippen LogP) is 4.05. The summed E-state index contributed by atoms with van der Waals surface area (Å²) in [4.78, 5) is 17.9. The lowest BCUT2D eigenvalue weighted by Crippen LogP contribution is -2.30. The number of hydrogen-bond acceptors (Lipinski definition) is 4. The second kappa shape index (κ2) is 8.16. The summed E-state index contributed by atoms with van der Waals surface area (Å²) in [5.41, 5.74) is 4.25. The number of pyridine rings is 1. The maximum atomic E-state index is 13.0. The van der Waals surface area contributed by atoms with Crippen molar-refractivity contribution in [2.24, 2.45) is 0 Å². The van der Waals surface area contributed by atoms with Gasteiger partial charge in [0.05, 0.1) is 16.1 Å². The molecule has 4 rings (SSSR count). The Hall–Kier alpha value is -2.77. The SMILES string of the molecule is CC(C)NS(=O)(=O)c1ccc(C(=O)Nc2c3c(nc4ccccc24)CCCC3)cc1. The van der Waals surface area contributed by atoms with E-state index >= 15 is 0 Å². The highest BCUT2D eigenvalue weighted by Crippen LogP contribution is 2.33. The molecule has 2 N–H and O–H groups in total. The topological polar surface area (TPSA) is 88.2 Å². The highest BCUT2D eigenvalue weighted by atomic mass is 32.2. The molecule has 0 spiro atoms. The highest BCUT2D eigenvalue weighted by molar-refractivity contribution is 7.89. The van der Waals surface area contributed by atoms with Gasteiger partial charge >= 0.3 is 0 Å². The summed E-state index contributed by atoms with van der Waals surface area (Å²) < 4.78 is 27.1. The van der Waals surface area contributed by atoms with E-state index in [1.807, 2.05) is 24.3 Å². The number of hydrogen-bond donors (Lipinski definition) is 2. The van der Waals surface area contributed by atoms with Gasteiger partial charge in [0.15, 0.2) is 0 Å². The van der Waals surface area contributed by atoms with Crippen molar-refractivity contribution >= 4 is 32.5 Å². The molecule has 0 fully saturated rings. The van der Waals surface area contributed by atoms with Crippen LogP contribution < -0.4 is 10.0 Å². The van der Waals surface area contributed by atoms with Crippen LogP contribution in [0, 0.1) is 0 Å². The van der Waals surface area contributed by atoms with Crippen LogP contribution in [0.4, 0.5) is 5.69 Å². The van der Waals surface area contributed by atoms with Crippen LogP contribution >= 0.6 is 0 Å². The largest absolute Gasteiger partial charge is 0.321 e. The van der Waals surface area contributed by atoms with Gasteiger partial charge in [-0.05, 0) is 75.4 Å². The van der Waals surface area contributed by atoms with Gasteiger partial charge in [0.1, 0.15) is 0 Å². The summed E-state index contributed by atoms with van der Waals surface area (Å²) in [7, 11) is -3.59. The van der Waals surface area contributed by atoms with E-state index in [0.717, 1.165) is 53.5 Å². The number of amides is 1. The van der Waals surface area contributed by atoms with Crippen molar-refractivity contribution < 1.29 is 13.2 Å². The molecule has 1 aliphatic rings. The average Bonchev–Trinajstić information content (AvgIpc) is 2.72. The fraction of sp³-hybridized carbons (Fsp3) is 0.304. The number of sulfonamides is 1. The first-order valence-corrected chi connectivity index (χ1v) is 11.7. The first kappa shape index (κ1) is 20.5. The van der Waals surface area contributed by atoms with Gasteiger partial charge in [0.2, 0.25) is 10.0 Å². The number of aromatic nitrogens is 1. The lowest BCUT2D eigenvalue weighted by molar-refractivity contribution is 0.102. The Morgan fingerprint density at radius 1 is 1.00 bits per heavy atom. The van der Waals surface area contributed by atoms with Crippen molar-refractivity contribution in [3.05, 3.63) is 65.4 Å². The van der Waals surface area contributed by atoms with Crippen LogP contribution in [-0.2, 0) is 22.9 Å². The van der Waals surface area contributed by atoms with Gasteiger partial charge < -0.3 is 5.32 Å². The molecule has 1 aromatic heterocycles. The van der Waals surface area contributed by atoms with Gasteiger partial charge in [-0.25, -0.2) is 13.1 Å². The van der Waals surface area contributed by atoms with Crippen molar-refractivity contribution in [1.29, 1.82) is 0 Å². The van der Waals surface area contributed by atoms with E-state index in [4.69, 9.17) is 4.98 Å². The standard InChI is InChI=1S/C23H25N3O3S/c1-15(2)26-30(28,29)17-13-11-16(12-14-17)23(27)25-22-18-7-3-5-9-20(18)24-21-10-6-4-8-19(21)22/h3,5,7,9,11-15,26H,4,6,8,10H2,1-2H3,(H,24,25,27). The normalized spacial score (nSPS) is 14.0. The van der Waals surface area contributed by atoms with Crippen LogP contribution in [-0.4, -0.2) is 25.4 Å². The van der Waals surface area contributed by atoms with E-state index in [9.17, 15) is 13.2 Å². The van der Waals surface area contributed by atoms with Crippen LogP contribution in [0.2, 0.25) is 0 Å². The fourth-order valence-corrected chi connectivity index (χ4v) is 5.12. The number of nitrogens with zero attached hydrogens (tertiary/aromatic N) is 1. The maximum Gasteiger partial charge on any atom is 0.255 e. The molecule has 7 heteroatoms. The van der Waals surface area contributed by atoms with Crippen LogP contribution in [0.5, 0.6) is 0 Å². The average molecular weight is 424 g/mol. The Labute approximate surface area is 176 Å². The molecule has 156 valence electrons. The first-order chi connectivity index (χ1) is 14.3. The minimum Gasteiger partial charge on any atom is -0.321 e. The quantitative estimate of drug-likeness (QED) is 0.648. The molecule has 0 radical (unpaired) electrons. The lowest BCUT2D eigenvalue weighted by Gasteiger charge is -2.21. The van der Waals surface area contributed by atoms with Crippen molar-refractivity contribution in [2.45, 2.75) is 50.5 Å². The summed E-state index contributed by atoms with van der Waals surface area (Å²) in [6.45, 7) is 3.53. The molecule has 6 nitrogen and oxygen atoms in total. The molecule has 1 amide bonds. The van der Waals surface area contributed by atoms with Gasteiger partial charge in [-0.1, -0.05) is 18.2 Å². The zero-order valence-corrected chi connectivity index (χ0v) is 17.9. The zero-order chi connectivity index (χ0) is 21.3. The van der Waals surface area contributed by atoms with Gasteiger partial charge in [0, 0.05) is 22.7 Å². The molecular formula is C23H25N3O3S. The molecule has 0 aliphatic heterocycles. The lowest BCUT2D eigenvalue weighted by atomic mass is 9.92. The molecule has 2 aromatic carbocycles. The summed E-state index contributed by atoms with van der Waals surface area (Å²) >= 11 is 0. The monoisotopic (exact) mass is 423 g/mol. The molecule has 1 heterocycles. The van der Waals surface area contributed by atoms with Gasteiger partial charge in [-0.2, -0.15) is 0 Å². The number of nitrogens with one attached hydrogen (secondary N) is 2. The minimum absolute atomic E-state index is 0.138. The number of anilines is 1. The number of carbonyl (C=O) groups is 1. The number of rotatable bonds is 5. The van der Waals surface area contributed by atoms with Gasteiger partial charge in [0.25, 0.3) is 5.91 Å². The third-order valence-electron chi connectivity index (χ3n) is 5.23. The van der Waals surface area contributed by atoms with Crippen molar-refractivity contribution in [3.8, 4) is 0 Å². The number of para-hydroxylation sites is 1. The molecule has 0 atom stereocenters. The molecule has 0 bridgehead atoms. The van der Waals surface area contributed by atoms with E-state index < -0.39 is 10.0 Å². The number of carbonyl (C=O) groups excluding carboxylic acids is 1. The Bertz CT molecular complexity index is 1200. The minimum atomic E-state index is -3.59. The zero-order valence-electron chi connectivity index (χ0n) is 17.1. The van der Waals surface area contributed by atoms with Gasteiger partial charge in [-0.15, -0.1) is 0 Å². The Kier molecular flexibility index (Phi) is 5.58. The van der Waals surface area contributed by atoms with Crippen LogP contribution in [0.3, 0.4) is 0 Å². The molecule has 0 unspecified atom stereocenters. The van der Waals surface area contributed by atoms with Crippen LogP contribution in [0.1, 0.15) is 48.3 Å². The van der Waals surface area contributed by atoms with E-state index in [1.54, 1.807) is 26.0 Å². The summed E-state index contributed by atoms with van der Waals surface area (Å²) in [5.74, 6) is -0.264. The third kappa shape index (κ3) is 4.08. The summed E-state index contributed by atoms with van der Waals surface area (Å²) in [6.07, 6.45) is 3.98. The van der Waals surface area contributed by atoms with Crippen LogP contribution in [0.25, 0.3) is 10.9 Å². The number of aryl methyl sites for hydroxylation is 1. The van der Waals surface area contributed by atoms with E-state index in [-0.39, 0.29) is 16.8 Å². The molecule has 0 saturated heterocycles. The Morgan fingerprint density at radius 2 is 1.70 bits per heavy atom. The van der Waals surface area contributed by atoms with E-state index in [0.29, 0.717) is 5.56 Å². The molecule has 1 aliphatic carbocycles.